The van der Waals surface area contributed by atoms with E-state index in [-0.39, 0.29) is 0 Å². The Morgan fingerprint density at radius 1 is 1.05 bits per heavy atom. The number of fused-ring (bicyclic) bond motifs is 2. The molecular weight excluding hydrogens is 242 g/mol. The first kappa shape index (κ1) is 13.4. The van der Waals surface area contributed by atoms with E-state index in [2.05, 4.69) is 4.90 Å². The molecule has 3 aliphatic rings. The summed E-state index contributed by atoms with van der Waals surface area (Å²) < 4.78 is 5.44. The lowest BCUT2D eigenvalue weighted by Crippen LogP contribution is -2.46. The number of aliphatic carboxylic acids is 1. The van der Waals surface area contributed by atoms with Gasteiger partial charge in [0.05, 0.1) is 0 Å². The second-order valence-corrected chi connectivity index (χ2v) is 6.57. The maximum absolute atomic E-state index is 10.9. The smallest absolute Gasteiger partial charge is 0.303 e. The minimum atomic E-state index is -0.623. The third kappa shape index (κ3) is 3.11. The number of hydrogen-bond donors (Lipinski definition) is 1. The molecule has 4 heteroatoms. The lowest BCUT2D eigenvalue weighted by atomic mass is 9.87. The number of carboxylic acid groups (broad SMARTS) is 1. The quantitative estimate of drug-likeness (QED) is 0.847. The van der Waals surface area contributed by atoms with Gasteiger partial charge in [0, 0.05) is 38.3 Å². The van der Waals surface area contributed by atoms with Crippen molar-refractivity contribution in [1.82, 2.24) is 4.90 Å². The highest BCUT2D eigenvalue weighted by Gasteiger charge is 2.41. The van der Waals surface area contributed by atoms with Gasteiger partial charge < -0.3 is 9.84 Å². The monoisotopic (exact) mass is 267 g/mol. The first-order valence-electron chi connectivity index (χ1n) is 7.77. The van der Waals surface area contributed by atoms with E-state index in [1.807, 2.05) is 0 Å². The van der Waals surface area contributed by atoms with Crippen LogP contribution >= 0.6 is 0 Å². The molecule has 0 aromatic heterocycles. The van der Waals surface area contributed by atoms with Gasteiger partial charge in [-0.3, -0.25) is 9.69 Å². The SMILES string of the molecule is O=C(O)CC1CC2CCC(C1)N2CC1CCOCC1. The van der Waals surface area contributed by atoms with E-state index in [1.54, 1.807) is 0 Å². The summed E-state index contributed by atoms with van der Waals surface area (Å²) in [4.78, 5) is 13.6. The second-order valence-electron chi connectivity index (χ2n) is 6.57. The highest BCUT2D eigenvalue weighted by atomic mass is 16.5. The average molecular weight is 267 g/mol. The third-order valence-corrected chi connectivity index (χ3v) is 5.26. The van der Waals surface area contributed by atoms with Crippen molar-refractivity contribution < 1.29 is 14.6 Å². The highest BCUT2D eigenvalue weighted by Crippen LogP contribution is 2.40. The zero-order valence-electron chi connectivity index (χ0n) is 11.6. The zero-order chi connectivity index (χ0) is 13.2. The first-order chi connectivity index (χ1) is 9.22. The van der Waals surface area contributed by atoms with Crippen molar-refractivity contribution in [3.63, 3.8) is 0 Å². The van der Waals surface area contributed by atoms with Crippen LogP contribution in [-0.4, -0.2) is 47.8 Å². The fraction of sp³-hybridized carbons (Fsp3) is 0.933. The Balaban J connectivity index is 1.55. The molecule has 19 heavy (non-hydrogen) atoms. The van der Waals surface area contributed by atoms with Gasteiger partial charge in [0.15, 0.2) is 0 Å². The number of hydrogen-bond acceptors (Lipinski definition) is 3. The topological polar surface area (TPSA) is 49.8 Å². The molecule has 4 nitrogen and oxygen atoms in total. The van der Waals surface area contributed by atoms with Gasteiger partial charge in [-0.15, -0.1) is 0 Å². The number of rotatable bonds is 4. The van der Waals surface area contributed by atoms with Gasteiger partial charge in [-0.2, -0.15) is 0 Å². The minimum absolute atomic E-state index is 0.373. The van der Waals surface area contributed by atoms with Crippen LogP contribution in [0.3, 0.4) is 0 Å². The summed E-state index contributed by atoms with van der Waals surface area (Å²) in [6, 6.07) is 1.32. The van der Waals surface area contributed by atoms with E-state index >= 15 is 0 Å². The van der Waals surface area contributed by atoms with E-state index in [4.69, 9.17) is 9.84 Å². The molecule has 108 valence electrons. The Hall–Kier alpha value is -0.610. The van der Waals surface area contributed by atoms with Gasteiger partial charge in [-0.05, 0) is 50.4 Å². The number of carboxylic acids is 1. The number of carbonyl (C=O) groups is 1. The van der Waals surface area contributed by atoms with E-state index in [9.17, 15) is 4.79 Å². The van der Waals surface area contributed by atoms with Gasteiger partial charge >= 0.3 is 5.97 Å². The molecule has 3 saturated heterocycles. The Morgan fingerprint density at radius 2 is 1.68 bits per heavy atom. The molecule has 2 atom stereocenters. The molecule has 0 aromatic rings. The molecule has 0 aliphatic carbocycles. The lowest BCUT2D eigenvalue weighted by Gasteiger charge is -2.41. The van der Waals surface area contributed by atoms with Crippen LogP contribution in [0.15, 0.2) is 0 Å². The van der Waals surface area contributed by atoms with Crippen LogP contribution in [-0.2, 0) is 9.53 Å². The maximum Gasteiger partial charge on any atom is 0.303 e. The van der Waals surface area contributed by atoms with Crippen LogP contribution < -0.4 is 0 Å². The molecular formula is C15H25NO3. The summed E-state index contributed by atoms with van der Waals surface area (Å²) in [5.41, 5.74) is 0. The summed E-state index contributed by atoms with van der Waals surface area (Å²) in [5.74, 6) is 0.594. The van der Waals surface area contributed by atoms with E-state index in [0.29, 0.717) is 24.4 Å². The van der Waals surface area contributed by atoms with Crippen molar-refractivity contribution in [3.8, 4) is 0 Å². The minimum Gasteiger partial charge on any atom is -0.481 e. The fourth-order valence-corrected chi connectivity index (χ4v) is 4.33. The van der Waals surface area contributed by atoms with Crippen LogP contribution in [0.2, 0.25) is 0 Å². The lowest BCUT2D eigenvalue weighted by molar-refractivity contribution is -0.138. The van der Waals surface area contributed by atoms with Crippen molar-refractivity contribution >= 4 is 5.97 Å². The van der Waals surface area contributed by atoms with Gasteiger partial charge in [0.2, 0.25) is 0 Å². The van der Waals surface area contributed by atoms with Crippen molar-refractivity contribution in [2.45, 2.75) is 57.0 Å². The van der Waals surface area contributed by atoms with Crippen molar-refractivity contribution in [3.05, 3.63) is 0 Å². The molecule has 0 radical (unpaired) electrons. The molecule has 3 rings (SSSR count). The molecule has 2 unspecified atom stereocenters. The van der Waals surface area contributed by atoms with Crippen LogP contribution in [0, 0.1) is 11.8 Å². The summed E-state index contributed by atoms with van der Waals surface area (Å²) >= 11 is 0. The maximum atomic E-state index is 10.9. The molecule has 1 N–H and O–H groups in total. The van der Waals surface area contributed by atoms with E-state index in [0.717, 1.165) is 32.0 Å². The Bertz CT molecular complexity index is 313. The molecule has 0 saturated carbocycles. The Morgan fingerprint density at radius 3 is 2.26 bits per heavy atom. The average Bonchev–Trinajstić information content (AvgIpc) is 2.62. The summed E-state index contributed by atoms with van der Waals surface area (Å²) in [7, 11) is 0. The molecule has 2 bridgehead atoms. The fourth-order valence-electron chi connectivity index (χ4n) is 4.33. The number of nitrogens with zero attached hydrogens (tertiary/aromatic N) is 1. The van der Waals surface area contributed by atoms with Gasteiger partial charge in [0.1, 0.15) is 0 Å². The molecule has 3 heterocycles. The molecule has 3 aliphatic heterocycles. The molecule has 0 amide bonds. The highest BCUT2D eigenvalue weighted by molar-refractivity contribution is 5.67. The Kier molecular flexibility index (Phi) is 4.08. The van der Waals surface area contributed by atoms with Crippen LogP contribution in [0.5, 0.6) is 0 Å². The van der Waals surface area contributed by atoms with E-state index < -0.39 is 5.97 Å². The van der Waals surface area contributed by atoms with Gasteiger partial charge in [0.25, 0.3) is 0 Å². The van der Waals surface area contributed by atoms with Crippen LogP contribution in [0.1, 0.15) is 44.9 Å². The number of piperidine rings is 1. The molecule has 0 spiro atoms. The molecule has 0 aromatic carbocycles. The standard InChI is InChI=1S/C15H25NO3/c17-15(18)9-12-7-13-1-2-14(8-12)16(13)10-11-3-5-19-6-4-11/h11-14H,1-10H2,(H,17,18). The van der Waals surface area contributed by atoms with Crippen LogP contribution in [0.25, 0.3) is 0 Å². The largest absolute Gasteiger partial charge is 0.481 e. The van der Waals surface area contributed by atoms with Crippen LogP contribution in [0.4, 0.5) is 0 Å². The third-order valence-electron chi connectivity index (χ3n) is 5.26. The second kappa shape index (κ2) is 5.80. The number of ether oxygens (including phenoxy) is 1. The first-order valence-corrected chi connectivity index (χ1v) is 7.77. The normalized spacial score (nSPS) is 36.5. The predicted octanol–water partition coefficient (Wildman–Crippen LogP) is 2.13. The summed E-state index contributed by atoms with van der Waals surface area (Å²) in [6.45, 7) is 3.07. The van der Waals surface area contributed by atoms with Crippen molar-refractivity contribution in [1.29, 1.82) is 0 Å². The van der Waals surface area contributed by atoms with Gasteiger partial charge in [-0.1, -0.05) is 0 Å². The van der Waals surface area contributed by atoms with E-state index in [1.165, 1.54) is 32.2 Å². The van der Waals surface area contributed by atoms with Crippen molar-refractivity contribution in [2.24, 2.45) is 11.8 Å². The van der Waals surface area contributed by atoms with Crippen molar-refractivity contribution in [2.75, 3.05) is 19.8 Å². The summed E-state index contributed by atoms with van der Waals surface area (Å²) in [6.07, 6.45) is 7.55. The predicted molar refractivity (Wildman–Crippen MR) is 72.0 cm³/mol. The Labute approximate surface area is 115 Å². The zero-order valence-corrected chi connectivity index (χ0v) is 11.6. The molecule has 3 fully saturated rings. The summed E-state index contributed by atoms with van der Waals surface area (Å²) in [5, 5.41) is 8.96. The van der Waals surface area contributed by atoms with Gasteiger partial charge in [-0.25, -0.2) is 0 Å².